The number of carbonyl (C=O) groups excluding carboxylic acids is 1. The molecule has 1 aromatic rings. The number of aryl methyl sites for hydroxylation is 1. The largest absolute Gasteiger partial charge is 0.467 e. The highest BCUT2D eigenvalue weighted by molar-refractivity contribution is 5.80. The normalized spacial score (nSPS) is 15.8. The third-order valence-corrected chi connectivity index (χ3v) is 3.56. The molecule has 1 fully saturated rings. The fourth-order valence-corrected chi connectivity index (χ4v) is 2.29. The van der Waals surface area contributed by atoms with Crippen molar-refractivity contribution < 1.29 is 9.53 Å². The first kappa shape index (κ1) is 13.7. The van der Waals surface area contributed by atoms with Gasteiger partial charge in [0.05, 0.1) is 7.11 Å². The van der Waals surface area contributed by atoms with E-state index in [1.807, 2.05) is 20.2 Å². The van der Waals surface area contributed by atoms with E-state index in [2.05, 4.69) is 29.3 Å². The van der Waals surface area contributed by atoms with Gasteiger partial charge < -0.3 is 15.0 Å². The third kappa shape index (κ3) is 3.19. The number of nitrogens with zero attached hydrogens (tertiary/aromatic N) is 1. The number of benzene rings is 1. The van der Waals surface area contributed by atoms with Gasteiger partial charge in [0, 0.05) is 25.5 Å². The topological polar surface area (TPSA) is 41.6 Å². The Morgan fingerprint density at radius 1 is 1.42 bits per heavy atom. The van der Waals surface area contributed by atoms with Crippen molar-refractivity contribution in [1.82, 2.24) is 0 Å². The Morgan fingerprint density at radius 2 is 2.11 bits per heavy atom. The summed E-state index contributed by atoms with van der Waals surface area (Å²) < 4.78 is 4.88. The van der Waals surface area contributed by atoms with Gasteiger partial charge in [-0.3, -0.25) is 0 Å². The van der Waals surface area contributed by atoms with E-state index in [0.717, 1.165) is 24.2 Å². The molecule has 2 rings (SSSR count). The van der Waals surface area contributed by atoms with Gasteiger partial charge in [0.1, 0.15) is 6.04 Å². The van der Waals surface area contributed by atoms with Crippen LogP contribution in [0.2, 0.25) is 0 Å². The number of hydrogen-bond donors (Lipinski definition) is 1. The van der Waals surface area contributed by atoms with Crippen LogP contribution >= 0.6 is 0 Å². The molecular weight excluding hydrogens is 240 g/mol. The van der Waals surface area contributed by atoms with Gasteiger partial charge in [0.25, 0.3) is 0 Å². The number of hydrogen-bond acceptors (Lipinski definition) is 4. The molecule has 0 aromatic heterocycles. The van der Waals surface area contributed by atoms with Gasteiger partial charge in [0.15, 0.2) is 0 Å². The second-order valence-corrected chi connectivity index (χ2v) is 5.38. The number of ether oxygens (including phenoxy) is 1. The van der Waals surface area contributed by atoms with E-state index in [1.54, 1.807) is 0 Å². The van der Waals surface area contributed by atoms with E-state index in [4.69, 9.17) is 4.74 Å². The van der Waals surface area contributed by atoms with E-state index in [-0.39, 0.29) is 12.0 Å². The third-order valence-electron chi connectivity index (χ3n) is 3.56. The lowest BCUT2D eigenvalue weighted by molar-refractivity contribution is -0.142. The zero-order valence-electron chi connectivity index (χ0n) is 12.1. The SMILES string of the molecule is COC(=O)C(Nc1ccc(C)c(N(C)C)c1)C1CC1. The van der Waals surface area contributed by atoms with Gasteiger partial charge in [-0.05, 0) is 43.4 Å². The van der Waals surface area contributed by atoms with Crippen molar-refractivity contribution in [2.45, 2.75) is 25.8 Å². The van der Waals surface area contributed by atoms with Crippen LogP contribution in [-0.4, -0.2) is 33.2 Å². The molecule has 0 bridgehead atoms. The Balaban J connectivity index is 2.17. The van der Waals surface area contributed by atoms with Crippen LogP contribution in [0.25, 0.3) is 0 Å². The number of esters is 1. The van der Waals surface area contributed by atoms with Crippen molar-refractivity contribution >= 4 is 17.3 Å². The summed E-state index contributed by atoms with van der Waals surface area (Å²) in [4.78, 5) is 13.9. The van der Waals surface area contributed by atoms with Crippen molar-refractivity contribution in [3.05, 3.63) is 23.8 Å². The lowest BCUT2D eigenvalue weighted by atomic mass is 10.1. The van der Waals surface area contributed by atoms with Crippen LogP contribution in [0.15, 0.2) is 18.2 Å². The summed E-state index contributed by atoms with van der Waals surface area (Å²) in [6.07, 6.45) is 2.19. The molecule has 0 aliphatic heterocycles. The highest BCUT2D eigenvalue weighted by Gasteiger charge is 2.37. The van der Waals surface area contributed by atoms with Gasteiger partial charge in [-0.25, -0.2) is 4.79 Å². The second kappa shape index (κ2) is 5.51. The first-order valence-corrected chi connectivity index (χ1v) is 6.65. The molecule has 0 amide bonds. The standard InChI is InChI=1S/C15H22N2O2/c1-10-5-8-12(9-13(10)17(2)3)16-14(11-6-7-11)15(18)19-4/h5,8-9,11,14,16H,6-7H2,1-4H3. The predicted molar refractivity (Wildman–Crippen MR) is 77.7 cm³/mol. The van der Waals surface area contributed by atoms with Gasteiger partial charge >= 0.3 is 5.97 Å². The summed E-state index contributed by atoms with van der Waals surface area (Å²) in [5.41, 5.74) is 3.35. The maximum absolute atomic E-state index is 11.8. The molecule has 1 atom stereocenters. The molecule has 1 unspecified atom stereocenters. The molecular formula is C15H22N2O2. The van der Waals surface area contributed by atoms with Gasteiger partial charge in [-0.2, -0.15) is 0 Å². The predicted octanol–water partition coefficient (Wildman–Crippen LogP) is 2.42. The lowest BCUT2D eigenvalue weighted by Crippen LogP contribution is -2.32. The fraction of sp³-hybridized carbons (Fsp3) is 0.533. The van der Waals surface area contributed by atoms with E-state index >= 15 is 0 Å². The van der Waals surface area contributed by atoms with Gasteiger partial charge in [-0.15, -0.1) is 0 Å². The zero-order valence-corrected chi connectivity index (χ0v) is 12.1. The molecule has 104 valence electrons. The average molecular weight is 262 g/mol. The Hall–Kier alpha value is -1.71. The van der Waals surface area contributed by atoms with E-state index in [0.29, 0.717) is 5.92 Å². The Labute approximate surface area is 114 Å². The quantitative estimate of drug-likeness (QED) is 0.827. The molecule has 1 saturated carbocycles. The highest BCUT2D eigenvalue weighted by atomic mass is 16.5. The van der Waals surface area contributed by atoms with Gasteiger partial charge in [0.2, 0.25) is 0 Å². The van der Waals surface area contributed by atoms with E-state index in [9.17, 15) is 4.79 Å². The molecule has 19 heavy (non-hydrogen) atoms. The minimum atomic E-state index is -0.220. The fourth-order valence-electron chi connectivity index (χ4n) is 2.29. The summed E-state index contributed by atoms with van der Waals surface area (Å²) in [7, 11) is 5.48. The molecule has 1 aromatic carbocycles. The molecule has 0 saturated heterocycles. The van der Waals surface area contributed by atoms with Crippen LogP contribution in [0.5, 0.6) is 0 Å². The number of rotatable bonds is 5. The highest BCUT2D eigenvalue weighted by Crippen LogP contribution is 2.35. The monoisotopic (exact) mass is 262 g/mol. The first-order valence-electron chi connectivity index (χ1n) is 6.65. The minimum absolute atomic E-state index is 0.172. The molecule has 1 aliphatic rings. The Morgan fingerprint density at radius 3 is 2.63 bits per heavy atom. The van der Waals surface area contributed by atoms with Crippen LogP contribution in [0.3, 0.4) is 0 Å². The van der Waals surface area contributed by atoms with Crippen molar-refractivity contribution in [1.29, 1.82) is 0 Å². The molecule has 0 spiro atoms. The minimum Gasteiger partial charge on any atom is -0.467 e. The molecule has 0 radical (unpaired) electrons. The van der Waals surface area contributed by atoms with Crippen molar-refractivity contribution in [3.8, 4) is 0 Å². The van der Waals surface area contributed by atoms with Crippen LogP contribution in [-0.2, 0) is 9.53 Å². The summed E-state index contributed by atoms with van der Waals surface area (Å²) in [5, 5.41) is 3.31. The van der Waals surface area contributed by atoms with Crippen LogP contribution < -0.4 is 10.2 Å². The Bertz CT molecular complexity index is 467. The van der Waals surface area contributed by atoms with Gasteiger partial charge in [-0.1, -0.05) is 6.07 Å². The lowest BCUT2D eigenvalue weighted by Gasteiger charge is -2.20. The van der Waals surface area contributed by atoms with Crippen LogP contribution in [0.4, 0.5) is 11.4 Å². The Kier molecular flexibility index (Phi) is 3.98. The van der Waals surface area contributed by atoms with Crippen LogP contribution in [0.1, 0.15) is 18.4 Å². The van der Waals surface area contributed by atoms with Crippen LogP contribution in [0, 0.1) is 12.8 Å². The first-order chi connectivity index (χ1) is 9.02. The molecule has 1 N–H and O–H groups in total. The van der Waals surface area contributed by atoms with Crippen molar-refractivity contribution in [2.75, 3.05) is 31.4 Å². The van der Waals surface area contributed by atoms with E-state index < -0.39 is 0 Å². The molecule has 1 aliphatic carbocycles. The number of nitrogens with one attached hydrogen (secondary N) is 1. The maximum atomic E-state index is 11.8. The average Bonchev–Trinajstić information content (AvgIpc) is 3.20. The van der Waals surface area contributed by atoms with E-state index in [1.165, 1.54) is 12.7 Å². The summed E-state index contributed by atoms with van der Waals surface area (Å²) >= 11 is 0. The zero-order chi connectivity index (χ0) is 14.0. The molecule has 4 nitrogen and oxygen atoms in total. The molecule has 0 heterocycles. The molecule has 4 heteroatoms. The summed E-state index contributed by atoms with van der Waals surface area (Å²) in [6, 6.07) is 5.94. The summed E-state index contributed by atoms with van der Waals surface area (Å²) in [5.74, 6) is 0.242. The summed E-state index contributed by atoms with van der Waals surface area (Å²) in [6.45, 7) is 2.08. The van der Waals surface area contributed by atoms with Crippen molar-refractivity contribution in [2.24, 2.45) is 5.92 Å². The number of anilines is 2. The number of carbonyl (C=O) groups is 1. The maximum Gasteiger partial charge on any atom is 0.328 e. The smallest absolute Gasteiger partial charge is 0.328 e. The second-order valence-electron chi connectivity index (χ2n) is 5.38. The number of methoxy groups -OCH3 is 1. The van der Waals surface area contributed by atoms with Crippen molar-refractivity contribution in [3.63, 3.8) is 0 Å².